The van der Waals surface area contributed by atoms with Crippen molar-refractivity contribution in [1.29, 1.82) is 0 Å². The number of aromatic nitrogens is 2. The van der Waals surface area contributed by atoms with Crippen LogP contribution in [0.3, 0.4) is 0 Å². The summed E-state index contributed by atoms with van der Waals surface area (Å²) >= 11 is 0. The van der Waals surface area contributed by atoms with Gasteiger partial charge in [0.2, 0.25) is 12.4 Å². The van der Waals surface area contributed by atoms with E-state index < -0.39 is 0 Å². The molecule has 0 unspecified atom stereocenters. The van der Waals surface area contributed by atoms with Crippen molar-refractivity contribution in [2.24, 2.45) is 0 Å². The SMILES string of the molecule is O=CNc1nc2ccccc2c(=O)[nH]1. The molecule has 0 saturated carbocycles. The van der Waals surface area contributed by atoms with Crippen LogP contribution in [0.2, 0.25) is 0 Å². The third kappa shape index (κ3) is 1.35. The van der Waals surface area contributed by atoms with Crippen molar-refractivity contribution in [3.8, 4) is 0 Å². The van der Waals surface area contributed by atoms with Crippen LogP contribution in [0.1, 0.15) is 0 Å². The van der Waals surface area contributed by atoms with E-state index in [0.29, 0.717) is 17.3 Å². The lowest BCUT2D eigenvalue weighted by Gasteiger charge is -1.99. The second kappa shape index (κ2) is 3.29. The van der Waals surface area contributed by atoms with Crippen LogP contribution in [-0.2, 0) is 4.79 Å². The maximum atomic E-state index is 11.4. The highest BCUT2D eigenvalue weighted by Gasteiger charge is 2.00. The number of nitrogens with one attached hydrogen (secondary N) is 2. The van der Waals surface area contributed by atoms with Gasteiger partial charge in [-0.05, 0) is 12.1 Å². The van der Waals surface area contributed by atoms with Crippen molar-refractivity contribution >= 4 is 23.3 Å². The average Bonchev–Trinajstić information content (AvgIpc) is 2.18. The molecule has 0 atom stereocenters. The molecule has 5 nitrogen and oxygen atoms in total. The molecule has 14 heavy (non-hydrogen) atoms. The van der Waals surface area contributed by atoms with Gasteiger partial charge in [-0.1, -0.05) is 12.1 Å². The average molecular weight is 189 g/mol. The maximum absolute atomic E-state index is 11.4. The summed E-state index contributed by atoms with van der Waals surface area (Å²) in [5, 5.41) is 2.80. The minimum atomic E-state index is -0.264. The van der Waals surface area contributed by atoms with Gasteiger partial charge in [-0.25, -0.2) is 4.98 Å². The smallest absolute Gasteiger partial charge is 0.260 e. The summed E-state index contributed by atoms with van der Waals surface area (Å²) in [7, 11) is 0. The first-order valence-corrected chi connectivity index (χ1v) is 4.00. The maximum Gasteiger partial charge on any atom is 0.260 e. The fourth-order valence-electron chi connectivity index (χ4n) is 1.21. The van der Waals surface area contributed by atoms with Crippen LogP contribution >= 0.6 is 0 Å². The van der Waals surface area contributed by atoms with E-state index in [-0.39, 0.29) is 11.5 Å². The lowest BCUT2D eigenvalue weighted by Crippen LogP contribution is -2.12. The van der Waals surface area contributed by atoms with Gasteiger partial charge in [-0.2, -0.15) is 0 Å². The molecule has 70 valence electrons. The number of carbonyl (C=O) groups is 1. The van der Waals surface area contributed by atoms with E-state index in [1.54, 1.807) is 24.3 Å². The Labute approximate surface area is 78.8 Å². The second-order valence-electron chi connectivity index (χ2n) is 2.69. The Bertz CT molecular complexity index is 533. The van der Waals surface area contributed by atoms with Crippen LogP contribution in [0.15, 0.2) is 29.1 Å². The highest BCUT2D eigenvalue weighted by atomic mass is 16.1. The normalized spacial score (nSPS) is 10.0. The number of carbonyl (C=O) groups excluding carboxylic acids is 1. The molecule has 1 amide bonds. The van der Waals surface area contributed by atoms with Crippen molar-refractivity contribution in [1.82, 2.24) is 9.97 Å². The topological polar surface area (TPSA) is 74.8 Å². The minimum Gasteiger partial charge on any atom is -0.299 e. The molecule has 0 aliphatic heterocycles. The van der Waals surface area contributed by atoms with Crippen LogP contribution in [0.4, 0.5) is 5.95 Å². The van der Waals surface area contributed by atoms with Crippen LogP contribution in [0, 0.1) is 0 Å². The summed E-state index contributed by atoms with van der Waals surface area (Å²) in [6.07, 6.45) is 0.465. The van der Waals surface area contributed by atoms with Gasteiger partial charge < -0.3 is 0 Å². The number of hydrogen-bond acceptors (Lipinski definition) is 3. The summed E-state index contributed by atoms with van der Waals surface area (Å²) < 4.78 is 0. The number of H-pyrrole nitrogens is 1. The van der Waals surface area contributed by atoms with Crippen molar-refractivity contribution in [2.45, 2.75) is 0 Å². The predicted octanol–water partition coefficient (Wildman–Crippen LogP) is 0.491. The van der Waals surface area contributed by atoms with Gasteiger partial charge in [-0.3, -0.25) is 19.9 Å². The zero-order chi connectivity index (χ0) is 9.97. The Morgan fingerprint density at radius 2 is 2.14 bits per heavy atom. The summed E-state index contributed by atoms with van der Waals surface area (Å²) in [4.78, 5) is 28.0. The number of amides is 1. The zero-order valence-corrected chi connectivity index (χ0v) is 7.15. The molecular weight excluding hydrogens is 182 g/mol. The fourth-order valence-corrected chi connectivity index (χ4v) is 1.21. The second-order valence-corrected chi connectivity index (χ2v) is 2.69. The van der Waals surface area contributed by atoms with E-state index in [1.165, 1.54) is 0 Å². The summed E-state index contributed by atoms with van der Waals surface area (Å²) in [6.45, 7) is 0. The van der Waals surface area contributed by atoms with Gasteiger partial charge in [0.25, 0.3) is 5.56 Å². The first-order chi connectivity index (χ1) is 6.81. The summed E-state index contributed by atoms with van der Waals surface area (Å²) in [5.41, 5.74) is 0.292. The van der Waals surface area contributed by atoms with Gasteiger partial charge in [0.05, 0.1) is 10.9 Å². The van der Waals surface area contributed by atoms with Gasteiger partial charge in [0, 0.05) is 0 Å². The Morgan fingerprint density at radius 3 is 2.93 bits per heavy atom. The number of aromatic amines is 1. The van der Waals surface area contributed by atoms with Crippen molar-refractivity contribution in [3.05, 3.63) is 34.6 Å². The molecule has 0 aliphatic carbocycles. The van der Waals surface area contributed by atoms with E-state index in [0.717, 1.165) is 0 Å². The van der Waals surface area contributed by atoms with E-state index >= 15 is 0 Å². The van der Waals surface area contributed by atoms with Crippen LogP contribution in [0.5, 0.6) is 0 Å². The fraction of sp³-hybridized carbons (Fsp3) is 0. The number of anilines is 1. The molecule has 5 heteroatoms. The number of fused-ring (bicyclic) bond motifs is 1. The van der Waals surface area contributed by atoms with E-state index in [2.05, 4.69) is 15.3 Å². The first kappa shape index (κ1) is 8.43. The number of rotatable bonds is 2. The molecule has 0 aliphatic rings. The Hall–Kier alpha value is -2.17. The molecule has 1 aromatic carbocycles. The van der Waals surface area contributed by atoms with Gasteiger partial charge in [-0.15, -0.1) is 0 Å². The van der Waals surface area contributed by atoms with Gasteiger partial charge in [0.1, 0.15) is 0 Å². The lowest BCUT2D eigenvalue weighted by molar-refractivity contribution is -0.105. The van der Waals surface area contributed by atoms with E-state index in [4.69, 9.17) is 0 Å². The Kier molecular flexibility index (Phi) is 1.98. The third-order valence-electron chi connectivity index (χ3n) is 1.81. The Morgan fingerprint density at radius 1 is 1.36 bits per heavy atom. The van der Waals surface area contributed by atoms with Crippen LogP contribution in [0.25, 0.3) is 10.9 Å². The number of hydrogen-bond donors (Lipinski definition) is 2. The molecular formula is C9H7N3O2. The zero-order valence-electron chi connectivity index (χ0n) is 7.15. The number of benzene rings is 1. The molecule has 0 bridgehead atoms. The molecule has 2 rings (SSSR count). The van der Waals surface area contributed by atoms with Crippen molar-refractivity contribution < 1.29 is 4.79 Å². The largest absolute Gasteiger partial charge is 0.299 e. The van der Waals surface area contributed by atoms with E-state index in [1.807, 2.05) is 0 Å². The van der Waals surface area contributed by atoms with Gasteiger partial charge >= 0.3 is 0 Å². The molecule has 0 spiro atoms. The molecule has 2 aromatic rings. The molecule has 1 heterocycles. The number of nitrogens with zero attached hydrogens (tertiary/aromatic N) is 1. The summed E-state index contributed by atoms with van der Waals surface area (Å²) in [6, 6.07) is 6.91. The first-order valence-electron chi connectivity index (χ1n) is 4.00. The molecule has 0 saturated heterocycles. The molecule has 0 radical (unpaired) electrons. The lowest BCUT2D eigenvalue weighted by atomic mass is 10.2. The summed E-state index contributed by atoms with van der Waals surface area (Å²) in [5.74, 6) is 0.156. The van der Waals surface area contributed by atoms with Crippen molar-refractivity contribution in [3.63, 3.8) is 0 Å². The minimum absolute atomic E-state index is 0.156. The highest BCUT2D eigenvalue weighted by molar-refractivity contribution is 5.79. The predicted molar refractivity (Wildman–Crippen MR) is 52.1 cm³/mol. The Balaban J connectivity index is 2.72. The number of para-hydroxylation sites is 1. The molecule has 0 fully saturated rings. The standard InChI is InChI=1S/C9H7N3O2/c13-5-10-9-11-7-4-2-1-3-6(7)8(14)12-9/h1-5H,(H2,10,11,12,13,14). The van der Waals surface area contributed by atoms with E-state index in [9.17, 15) is 9.59 Å². The van der Waals surface area contributed by atoms with Crippen molar-refractivity contribution in [2.75, 3.05) is 5.32 Å². The monoisotopic (exact) mass is 189 g/mol. The quantitative estimate of drug-likeness (QED) is 0.675. The third-order valence-corrected chi connectivity index (χ3v) is 1.81. The molecule has 2 N–H and O–H groups in total. The van der Waals surface area contributed by atoms with Crippen LogP contribution in [-0.4, -0.2) is 16.4 Å². The van der Waals surface area contributed by atoms with Gasteiger partial charge in [0.15, 0.2) is 0 Å². The highest BCUT2D eigenvalue weighted by Crippen LogP contribution is 2.06. The molecule has 1 aromatic heterocycles. The van der Waals surface area contributed by atoms with Crippen LogP contribution < -0.4 is 10.9 Å².